The number of piperazine rings is 1. The molecule has 29 heavy (non-hydrogen) atoms. The number of rotatable bonds is 8. The molecule has 0 spiro atoms. The lowest BCUT2D eigenvalue weighted by Crippen LogP contribution is -2.44. The number of anilines is 1. The molecule has 0 unspecified atom stereocenters. The molecule has 1 saturated heterocycles. The van der Waals surface area contributed by atoms with Crippen LogP contribution in [0.2, 0.25) is 0 Å². The maximum Gasteiger partial charge on any atom is 0.251 e. The number of aryl methyl sites for hydroxylation is 1. The zero-order valence-corrected chi connectivity index (χ0v) is 17.9. The Balaban J connectivity index is 1.39. The van der Waals surface area contributed by atoms with E-state index in [1.807, 2.05) is 38.1 Å². The van der Waals surface area contributed by atoms with E-state index in [1.165, 1.54) is 11.3 Å². The lowest BCUT2D eigenvalue weighted by atomic mass is 10.1. The van der Waals surface area contributed by atoms with Gasteiger partial charge in [-0.05, 0) is 75.7 Å². The molecule has 0 bridgehead atoms. The van der Waals surface area contributed by atoms with Crippen LogP contribution in [0.15, 0.2) is 48.5 Å². The van der Waals surface area contributed by atoms with Gasteiger partial charge in [0.15, 0.2) is 0 Å². The number of hydrogen-bond donors (Lipinski definition) is 1. The highest BCUT2D eigenvalue weighted by atomic mass is 16.5. The van der Waals surface area contributed by atoms with Crippen LogP contribution in [0.1, 0.15) is 36.2 Å². The van der Waals surface area contributed by atoms with Crippen LogP contribution in [-0.4, -0.2) is 56.7 Å². The van der Waals surface area contributed by atoms with Crippen LogP contribution in [0.5, 0.6) is 5.75 Å². The van der Waals surface area contributed by atoms with Crippen LogP contribution < -0.4 is 15.0 Å². The van der Waals surface area contributed by atoms with Gasteiger partial charge in [0.2, 0.25) is 0 Å². The Labute approximate surface area is 174 Å². The molecule has 0 saturated carbocycles. The first-order valence-electron chi connectivity index (χ1n) is 10.6. The molecular weight excluding hydrogens is 362 g/mol. The fourth-order valence-corrected chi connectivity index (χ4v) is 3.49. The fourth-order valence-electron chi connectivity index (χ4n) is 3.49. The molecule has 1 fully saturated rings. The third-order valence-corrected chi connectivity index (χ3v) is 5.22. The average molecular weight is 396 g/mol. The molecule has 1 heterocycles. The maximum atomic E-state index is 12.3. The summed E-state index contributed by atoms with van der Waals surface area (Å²) < 4.78 is 5.61. The van der Waals surface area contributed by atoms with Gasteiger partial charge < -0.3 is 19.9 Å². The van der Waals surface area contributed by atoms with Gasteiger partial charge in [-0.25, -0.2) is 0 Å². The SMILES string of the molecule is CC(C)Oc1ccc(C(=O)NCCCc2ccc(N3CCN(C)CC3)cc2)cc1. The highest BCUT2D eigenvalue weighted by molar-refractivity contribution is 5.94. The predicted octanol–water partition coefficient (Wildman–Crippen LogP) is 3.59. The Bertz CT molecular complexity index is 764. The van der Waals surface area contributed by atoms with Gasteiger partial charge >= 0.3 is 0 Å². The summed E-state index contributed by atoms with van der Waals surface area (Å²) in [4.78, 5) is 17.1. The van der Waals surface area contributed by atoms with E-state index in [0.29, 0.717) is 12.1 Å². The molecule has 1 aliphatic heterocycles. The van der Waals surface area contributed by atoms with Crippen molar-refractivity contribution in [2.24, 2.45) is 0 Å². The van der Waals surface area contributed by atoms with Crippen molar-refractivity contribution in [3.63, 3.8) is 0 Å². The van der Waals surface area contributed by atoms with E-state index in [4.69, 9.17) is 4.74 Å². The smallest absolute Gasteiger partial charge is 0.251 e. The lowest BCUT2D eigenvalue weighted by Gasteiger charge is -2.34. The van der Waals surface area contributed by atoms with Crippen molar-refractivity contribution < 1.29 is 9.53 Å². The summed E-state index contributed by atoms with van der Waals surface area (Å²) in [6.45, 7) is 9.06. The Hall–Kier alpha value is -2.53. The van der Waals surface area contributed by atoms with Gasteiger partial charge in [0, 0.05) is 44.0 Å². The molecule has 1 aliphatic rings. The third-order valence-electron chi connectivity index (χ3n) is 5.22. The minimum absolute atomic E-state index is 0.0356. The molecule has 2 aromatic rings. The predicted molar refractivity (Wildman–Crippen MR) is 119 cm³/mol. The van der Waals surface area contributed by atoms with Crippen LogP contribution in [0.3, 0.4) is 0 Å². The zero-order chi connectivity index (χ0) is 20.6. The van der Waals surface area contributed by atoms with Crippen molar-refractivity contribution >= 4 is 11.6 Å². The Kier molecular flexibility index (Phi) is 7.53. The standard InChI is InChI=1S/C24H33N3O2/c1-19(2)29-23-12-8-21(9-13-23)24(28)25-14-4-5-20-6-10-22(11-7-20)27-17-15-26(3)16-18-27/h6-13,19H,4-5,14-18H2,1-3H3,(H,25,28). The van der Waals surface area contributed by atoms with E-state index < -0.39 is 0 Å². The second kappa shape index (κ2) is 10.3. The normalized spacial score (nSPS) is 14.8. The summed E-state index contributed by atoms with van der Waals surface area (Å²) in [6, 6.07) is 16.2. The summed E-state index contributed by atoms with van der Waals surface area (Å²) in [5, 5.41) is 3.00. The van der Waals surface area contributed by atoms with E-state index in [2.05, 4.69) is 46.4 Å². The number of hydrogen-bond acceptors (Lipinski definition) is 4. The summed E-state index contributed by atoms with van der Waals surface area (Å²) in [7, 11) is 2.18. The minimum Gasteiger partial charge on any atom is -0.491 e. The van der Waals surface area contributed by atoms with Gasteiger partial charge in [0.05, 0.1) is 6.10 Å². The summed E-state index contributed by atoms with van der Waals surface area (Å²) in [5.41, 5.74) is 3.28. The van der Waals surface area contributed by atoms with Crippen molar-refractivity contribution in [3.8, 4) is 5.75 Å². The highest BCUT2D eigenvalue weighted by Gasteiger charge is 2.13. The van der Waals surface area contributed by atoms with E-state index in [9.17, 15) is 4.79 Å². The van der Waals surface area contributed by atoms with Gasteiger partial charge in [-0.3, -0.25) is 4.79 Å². The van der Waals surface area contributed by atoms with Crippen LogP contribution in [0.4, 0.5) is 5.69 Å². The number of carbonyl (C=O) groups is 1. The Morgan fingerprint density at radius 3 is 2.28 bits per heavy atom. The molecule has 5 heteroatoms. The van der Waals surface area contributed by atoms with E-state index >= 15 is 0 Å². The van der Waals surface area contributed by atoms with Gasteiger partial charge in [-0.2, -0.15) is 0 Å². The summed E-state index contributed by atoms with van der Waals surface area (Å²) in [5.74, 6) is 0.753. The number of amides is 1. The molecule has 5 nitrogen and oxygen atoms in total. The number of ether oxygens (including phenoxy) is 1. The van der Waals surface area contributed by atoms with Crippen LogP contribution in [0.25, 0.3) is 0 Å². The molecule has 0 aromatic heterocycles. The Morgan fingerprint density at radius 1 is 1.00 bits per heavy atom. The molecular formula is C24H33N3O2. The van der Waals surface area contributed by atoms with Crippen LogP contribution >= 0.6 is 0 Å². The van der Waals surface area contributed by atoms with Gasteiger partial charge in [0.25, 0.3) is 5.91 Å². The molecule has 0 atom stereocenters. The largest absolute Gasteiger partial charge is 0.491 e. The van der Waals surface area contributed by atoms with Crippen molar-refractivity contribution in [3.05, 3.63) is 59.7 Å². The quantitative estimate of drug-likeness (QED) is 0.694. The van der Waals surface area contributed by atoms with Crippen molar-refractivity contribution in [1.29, 1.82) is 0 Å². The lowest BCUT2D eigenvalue weighted by molar-refractivity contribution is 0.0953. The summed E-state index contributed by atoms with van der Waals surface area (Å²) in [6.07, 6.45) is 2.02. The minimum atomic E-state index is -0.0356. The van der Waals surface area contributed by atoms with Gasteiger partial charge in [0.1, 0.15) is 5.75 Å². The second-order valence-electron chi connectivity index (χ2n) is 8.01. The molecule has 3 rings (SSSR count). The topological polar surface area (TPSA) is 44.8 Å². The van der Waals surface area contributed by atoms with E-state index in [0.717, 1.165) is 44.8 Å². The molecule has 1 N–H and O–H groups in total. The highest BCUT2D eigenvalue weighted by Crippen LogP contribution is 2.18. The van der Waals surface area contributed by atoms with Crippen molar-refractivity contribution in [2.45, 2.75) is 32.8 Å². The van der Waals surface area contributed by atoms with E-state index in [-0.39, 0.29) is 12.0 Å². The first-order valence-corrected chi connectivity index (χ1v) is 10.6. The molecule has 2 aromatic carbocycles. The Morgan fingerprint density at radius 2 is 1.66 bits per heavy atom. The van der Waals surface area contributed by atoms with Crippen LogP contribution in [0, 0.1) is 0 Å². The zero-order valence-electron chi connectivity index (χ0n) is 17.9. The third kappa shape index (κ3) is 6.50. The number of nitrogens with one attached hydrogen (secondary N) is 1. The van der Waals surface area contributed by atoms with Gasteiger partial charge in [-0.1, -0.05) is 12.1 Å². The number of carbonyl (C=O) groups excluding carboxylic acids is 1. The number of likely N-dealkylation sites (N-methyl/N-ethyl adjacent to an activating group) is 1. The first-order chi connectivity index (χ1) is 14.0. The molecule has 1 amide bonds. The monoisotopic (exact) mass is 395 g/mol. The maximum absolute atomic E-state index is 12.3. The molecule has 156 valence electrons. The molecule has 0 radical (unpaired) electrons. The van der Waals surface area contributed by atoms with Crippen molar-refractivity contribution in [2.75, 3.05) is 44.7 Å². The first kappa shape index (κ1) is 21.2. The van der Waals surface area contributed by atoms with Gasteiger partial charge in [-0.15, -0.1) is 0 Å². The average Bonchev–Trinajstić information content (AvgIpc) is 2.72. The number of benzene rings is 2. The molecule has 0 aliphatic carbocycles. The number of nitrogens with zero attached hydrogens (tertiary/aromatic N) is 2. The van der Waals surface area contributed by atoms with Crippen molar-refractivity contribution in [1.82, 2.24) is 10.2 Å². The fraction of sp³-hybridized carbons (Fsp3) is 0.458. The summed E-state index contributed by atoms with van der Waals surface area (Å²) >= 11 is 0. The second-order valence-corrected chi connectivity index (χ2v) is 8.01. The van der Waals surface area contributed by atoms with E-state index in [1.54, 1.807) is 0 Å². The van der Waals surface area contributed by atoms with Crippen LogP contribution in [-0.2, 0) is 6.42 Å².